The van der Waals surface area contributed by atoms with Gasteiger partial charge in [-0.1, -0.05) is 0 Å². The lowest BCUT2D eigenvalue weighted by molar-refractivity contribution is -0.141. The normalized spacial score (nSPS) is 18.0. The van der Waals surface area contributed by atoms with Crippen LogP contribution in [0, 0.1) is 6.92 Å². The Bertz CT molecular complexity index is 1220. The van der Waals surface area contributed by atoms with Gasteiger partial charge in [-0.15, -0.1) is 11.3 Å². The summed E-state index contributed by atoms with van der Waals surface area (Å²) in [5, 5.41) is 9.61. The number of ether oxygens (including phenoxy) is 2. The minimum atomic E-state index is -0.955. The number of piperazine rings is 1. The van der Waals surface area contributed by atoms with E-state index in [1.54, 1.807) is 28.6 Å². The van der Waals surface area contributed by atoms with Crippen molar-refractivity contribution >= 4 is 33.3 Å². The van der Waals surface area contributed by atoms with Crippen LogP contribution in [0.5, 0.6) is 6.01 Å². The fourth-order valence-corrected chi connectivity index (χ4v) is 5.82. The molecular formula is C24H31N7O4S. The predicted molar refractivity (Wildman–Crippen MR) is 136 cm³/mol. The lowest BCUT2D eigenvalue weighted by Crippen LogP contribution is -2.50. The number of fused-ring (bicyclic) bond motifs is 1. The maximum atomic E-state index is 12.1. The van der Waals surface area contributed by atoms with Gasteiger partial charge in [-0.2, -0.15) is 0 Å². The van der Waals surface area contributed by atoms with Gasteiger partial charge in [0.05, 0.1) is 36.1 Å². The average Bonchev–Trinajstić information content (AvgIpc) is 3.23. The second-order valence-electron chi connectivity index (χ2n) is 9.03. The Hall–Kier alpha value is -2.93. The van der Waals surface area contributed by atoms with Gasteiger partial charge in [0.15, 0.2) is 11.6 Å². The average molecular weight is 514 g/mol. The van der Waals surface area contributed by atoms with Crippen LogP contribution in [0.15, 0.2) is 12.4 Å². The highest BCUT2D eigenvalue weighted by Gasteiger charge is 2.26. The number of aliphatic hydroxyl groups is 1. The van der Waals surface area contributed by atoms with E-state index >= 15 is 0 Å². The van der Waals surface area contributed by atoms with Gasteiger partial charge in [-0.25, -0.2) is 19.9 Å². The monoisotopic (exact) mass is 513 g/mol. The largest absolute Gasteiger partial charge is 0.467 e. The molecule has 12 heteroatoms. The smallest absolute Gasteiger partial charge is 0.316 e. The molecule has 11 nitrogen and oxygen atoms in total. The number of nitrogens with zero attached hydrogens (tertiary/aromatic N) is 7. The van der Waals surface area contributed by atoms with E-state index in [0.29, 0.717) is 38.1 Å². The summed E-state index contributed by atoms with van der Waals surface area (Å²) in [4.78, 5) is 38.1. The van der Waals surface area contributed by atoms with Crippen molar-refractivity contribution in [2.45, 2.75) is 26.5 Å². The zero-order chi connectivity index (χ0) is 25.2. The molecule has 2 aliphatic heterocycles. The first-order chi connectivity index (χ1) is 17.4. The van der Waals surface area contributed by atoms with Gasteiger partial charge in [0.2, 0.25) is 0 Å². The van der Waals surface area contributed by atoms with E-state index < -0.39 is 6.10 Å². The summed E-state index contributed by atoms with van der Waals surface area (Å²) in [6.45, 7) is 10.1. The van der Waals surface area contributed by atoms with Crippen molar-refractivity contribution in [3.63, 3.8) is 0 Å². The first-order valence-corrected chi connectivity index (χ1v) is 12.9. The zero-order valence-electron chi connectivity index (χ0n) is 20.8. The van der Waals surface area contributed by atoms with Crippen molar-refractivity contribution < 1.29 is 19.4 Å². The van der Waals surface area contributed by atoms with Crippen molar-refractivity contribution in [3.05, 3.63) is 22.8 Å². The summed E-state index contributed by atoms with van der Waals surface area (Å²) in [5.41, 5.74) is 2.82. The SMILES string of the molecule is COc1ncc(-c2nc(N3CCOCC3)c3sc(CN4CCN(C(=O)[C@H](C)O)CC4)c(C)c3n2)cn1. The molecule has 0 unspecified atom stereocenters. The van der Waals surface area contributed by atoms with Crippen molar-refractivity contribution in [3.8, 4) is 17.4 Å². The fourth-order valence-electron chi connectivity index (χ4n) is 4.52. The number of amides is 1. The molecule has 2 aliphatic rings. The van der Waals surface area contributed by atoms with Crippen LogP contribution >= 0.6 is 11.3 Å². The minimum Gasteiger partial charge on any atom is -0.467 e. The number of thiophene rings is 1. The van der Waals surface area contributed by atoms with Gasteiger partial charge in [0.25, 0.3) is 5.91 Å². The highest BCUT2D eigenvalue weighted by Crippen LogP contribution is 2.38. The molecule has 0 aliphatic carbocycles. The van der Waals surface area contributed by atoms with E-state index in [-0.39, 0.29) is 5.91 Å². The fraction of sp³-hybridized carbons (Fsp3) is 0.542. The number of rotatable bonds is 6. The summed E-state index contributed by atoms with van der Waals surface area (Å²) in [5.74, 6) is 1.30. The van der Waals surface area contributed by atoms with Crippen LogP contribution in [-0.4, -0.2) is 106 Å². The molecule has 0 saturated carbocycles. The molecule has 5 rings (SSSR count). The van der Waals surface area contributed by atoms with Crippen LogP contribution in [0.4, 0.5) is 5.82 Å². The van der Waals surface area contributed by atoms with Gasteiger partial charge >= 0.3 is 6.01 Å². The third kappa shape index (κ3) is 4.99. The highest BCUT2D eigenvalue weighted by molar-refractivity contribution is 7.19. The van der Waals surface area contributed by atoms with Crippen molar-refractivity contribution in [2.75, 3.05) is 64.5 Å². The molecule has 1 N–H and O–H groups in total. The van der Waals surface area contributed by atoms with Crippen LogP contribution in [0.25, 0.3) is 21.6 Å². The van der Waals surface area contributed by atoms with Crippen molar-refractivity contribution in [1.82, 2.24) is 29.7 Å². The second kappa shape index (κ2) is 10.6. The quantitative estimate of drug-likeness (QED) is 0.517. The predicted octanol–water partition coefficient (Wildman–Crippen LogP) is 1.33. The molecule has 3 aromatic heterocycles. The number of aliphatic hydroxyl groups excluding tert-OH is 1. The molecule has 1 atom stereocenters. The van der Waals surface area contributed by atoms with Gasteiger partial charge in [0, 0.05) is 63.1 Å². The topological polar surface area (TPSA) is 117 Å². The molecule has 2 saturated heterocycles. The number of carbonyl (C=O) groups is 1. The third-order valence-corrected chi connectivity index (χ3v) is 7.90. The van der Waals surface area contributed by atoms with E-state index in [0.717, 1.165) is 59.9 Å². The third-order valence-electron chi connectivity index (χ3n) is 6.63. The molecule has 2 fully saturated rings. The molecule has 192 valence electrons. The van der Waals surface area contributed by atoms with Crippen molar-refractivity contribution in [2.24, 2.45) is 0 Å². The molecule has 0 aromatic carbocycles. The number of anilines is 1. The minimum absolute atomic E-state index is 0.201. The maximum absolute atomic E-state index is 12.1. The van der Waals surface area contributed by atoms with E-state index in [4.69, 9.17) is 19.4 Å². The summed E-state index contributed by atoms with van der Waals surface area (Å²) >= 11 is 1.74. The standard InChI is InChI=1S/C24H31N7O4S/c1-15-18(14-29-4-6-31(7-5-29)23(33)16(2)32)36-20-19(15)27-21(17-12-25-24(34-3)26-13-17)28-22(20)30-8-10-35-11-9-30/h12-13,16,32H,4-11,14H2,1-3H3/t16-/m0/s1. The van der Waals surface area contributed by atoms with Crippen LogP contribution in [0.3, 0.4) is 0 Å². The van der Waals surface area contributed by atoms with Gasteiger partial charge in [-0.3, -0.25) is 9.69 Å². The maximum Gasteiger partial charge on any atom is 0.316 e. The van der Waals surface area contributed by atoms with E-state index in [1.807, 2.05) is 0 Å². The Balaban J connectivity index is 1.45. The molecule has 3 aromatic rings. The molecule has 0 bridgehead atoms. The first kappa shape index (κ1) is 24.8. The first-order valence-electron chi connectivity index (χ1n) is 12.1. The van der Waals surface area contributed by atoms with E-state index in [2.05, 4.69) is 26.7 Å². The van der Waals surface area contributed by atoms with Gasteiger partial charge in [0.1, 0.15) is 6.10 Å². The summed E-state index contributed by atoms with van der Waals surface area (Å²) in [6.07, 6.45) is 2.42. The summed E-state index contributed by atoms with van der Waals surface area (Å²) in [6, 6.07) is 0.303. The Morgan fingerprint density at radius 2 is 1.83 bits per heavy atom. The molecule has 0 radical (unpaired) electrons. The van der Waals surface area contributed by atoms with Crippen LogP contribution in [0.2, 0.25) is 0 Å². The van der Waals surface area contributed by atoms with Crippen molar-refractivity contribution in [1.29, 1.82) is 0 Å². The molecule has 5 heterocycles. The van der Waals surface area contributed by atoms with Crippen LogP contribution in [-0.2, 0) is 16.1 Å². The number of aromatic nitrogens is 4. The molecule has 0 spiro atoms. The number of hydrogen-bond donors (Lipinski definition) is 1. The Kier molecular flexibility index (Phi) is 7.28. The second-order valence-corrected chi connectivity index (χ2v) is 10.1. The molecular weight excluding hydrogens is 482 g/mol. The summed E-state index contributed by atoms with van der Waals surface area (Å²) < 4.78 is 11.7. The zero-order valence-corrected chi connectivity index (χ0v) is 21.6. The van der Waals surface area contributed by atoms with E-state index in [9.17, 15) is 9.90 Å². The molecule has 36 heavy (non-hydrogen) atoms. The number of carbonyl (C=O) groups excluding carboxylic acids is 1. The lowest BCUT2D eigenvalue weighted by Gasteiger charge is -2.35. The Labute approximate surface area is 213 Å². The van der Waals surface area contributed by atoms with Crippen LogP contribution in [0.1, 0.15) is 17.4 Å². The Morgan fingerprint density at radius 1 is 1.14 bits per heavy atom. The number of methoxy groups -OCH3 is 1. The van der Waals surface area contributed by atoms with Crippen LogP contribution < -0.4 is 9.64 Å². The highest BCUT2D eigenvalue weighted by atomic mass is 32.1. The Morgan fingerprint density at radius 3 is 2.47 bits per heavy atom. The van der Waals surface area contributed by atoms with E-state index in [1.165, 1.54) is 18.9 Å². The number of hydrogen-bond acceptors (Lipinski definition) is 11. The van der Waals surface area contributed by atoms with Gasteiger partial charge < -0.3 is 24.4 Å². The summed E-state index contributed by atoms with van der Waals surface area (Å²) in [7, 11) is 1.54. The number of aryl methyl sites for hydroxylation is 1. The van der Waals surface area contributed by atoms with Gasteiger partial charge in [-0.05, 0) is 19.4 Å². The lowest BCUT2D eigenvalue weighted by atomic mass is 10.2. The molecule has 1 amide bonds. The number of morpholine rings is 1.